The highest BCUT2D eigenvalue weighted by atomic mass is 19.1. The Morgan fingerprint density at radius 2 is 2.00 bits per heavy atom. The normalized spacial score (nSPS) is 21.4. The van der Waals surface area contributed by atoms with E-state index < -0.39 is 18.0 Å². The summed E-state index contributed by atoms with van der Waals surface area (Å²) in [5.74, 6) is -0.450. The van der Waals surface area contributed by atoms with Crippen LogP contribution in [0.2, 0.25) is 0 Å². The number of fused-ring (bicyclic) bond motifs is 2. The fourth-order valence-electron chi connectivity index (χ4n) is 5.07. The first-order valence-corrected chi connectivity index (χ1v) is 13.8. The molecule has 1 fully saturated rings. The summed E-state index contributed by atoms with van der Waals surface area (Å²) in [6, 6.07) is 12.3. The molecule has 3 N–H and O–H groups in total. The Balaban J connectivity index is 1.51. The first-order valence-electron chi connectivity index (χ1n) is 13.8. The quantitative estimate of drug-likeness (QED) is 0.537. The zero-order valence-corrected chi connectivity index (χ0v) is 22.5. The van der Waals surface area contributed by atoms with Gasteiger partial charge in [0, 0.05) is 31.6 Å². The van der Waals surface area contributed by atoms with Crippen LogP contribution in [0.1, 0.15) is 62.1 Å². The van der Waals surface area contributed by atoms with E-state index in [0.717, 1.165) is 32.1 Å². The standard InChI is InChI=1S/C30H40FN3O4/c1-3-21-8-7-9-23(14-21)30(11-12-30)32-19-27(35)26-17-22-15-24(31)18-25(16-22)38-13-6-4-5-10-29(37)34(2)20-28(36)33-26/h7-9,14-16,18,26-27,32,35H,3-6,10-13,17,19-20H2,1-2H3,(H,33,36)/t26-,27+/m0/s1. The molecule has 2 amide bonds. The van der Waals surface area contributed by atoms with E-state index in [1.54, 1.807) is 13.1 Å². The van der Waals surface area contributed by atoms with Gasteiger partial charge in [-0.3, -0.25) is 9.59 Å². The third-order valence-corrected chi connectivity index (χ3v) is 7.60. The Labute approximate surface area is 224 Å². The van der Waals surface area contributed by atoms with E-state index in [2.05, 4.69) is 41.8 Å². The molecule has 206 valence electrons. The van der Waals surface area contributed by atoms with Gasteiger partial charge >= 0.3 is 0 Å². The lowest BCUT2D eigenvalue weighted by molar-refractivity contribution is -0.135. The maximum atomic E-state index is 14.4. The molecular weight excluding hydrogens is 485 g/mol. The average molecular weight is 526 g/mol. The van der Waals surface area contributed by atoms with Gasteiger partial charge in [0.25, 0.3) is 0 Å². The van der Waals surface area contributed by atoms with Crippen LogP contribution in [0.4, 0.5) is 4.39 Å². The van der Waals surface area contributed by atoms with Crippen LogP contribution in [0.15, 0.2) is 42.5 Å². The van der Waals surface area contributed by atoms with Crippen molar-refractivity contribution in [3.63, 3.8) is 0 Å². The molecule has 0 unspecified atom stereocenters. The zero-order valence-electron chi connectivity index (χ0n) is 22.5. The topological polar surface area (TPSA) is 90.9 Å². The highest BCUT2D eigenvalue weighted by Gasteiger charge is 2.44. The van der Waals surface area contributed by atoms with Crippen LogP contribution in [0.25, 0.3) is 0 Å². The second-order valence-corrected chi connectivity index (χ2v) is 10.7. The number of hydrogen-bond acceptors (Lipinski definition) is 5. The Hall–Kier alpha value is -2.97. The van der Waals surface area contributed by atoms with Gasteiger partial charge in [-0.25, -0.2) is 4.39 Å². The van der Waals surface area contributed by atoms with Crippen LogP contribution in [0.5, 0.6) is 5.75 Å². The Kier molecular flexibility index (Phi) is 9.39. The number of hydrogen-bond donors (Lipinski definition) is 3. The SMILES string of the molecule is CCc1cccc(C2(NC[C@@H](O)[C@@H]3Cc4cc(F)cc(c4)OCCCCCC(=O)N(C)CC(=O)N3)CC2)c1. The van der Waals surface area contributed by atoms with Gasteiger partial charge in [-0.05, 0) is 73.8 Å². The van der Waals surface area contributed by atoms with Gasteiger partial charge in [0.15, 0.2) is 0 Å². The fraction of sp³-hybridized carbons (Fsp3) is 0.533. The second-order valence-electron chi connectivity index (χ2n) is 10.7. The van der Waals surface area contributed by atoms with Crippen molar-refractivity contribution < 1.29 is 23.8 Å². The van der Waals surface area contributed by atoms with Gasteiger partial charge in [0.1, 0.15) is 11.6 Å². The van der Waals surface area contributed by atoms with Gasteiger partial charge in [0.2, 0.25) is 11.8 Å². The van der Waals surface area contributed by atoms with Crippen LogP contribution in [0, 0.1) is 5.82 Å². The van der Waals surface area contributed by atoms with Crippen molar-refractivity contribution in [2.75, 3.05) is 26.7 Å². The van der Waals surface area contributed by atoms with E-state index in [-0.39, 0.29) is 36.9 Å². The van der Waals surface area contributed by atoms with Gasteiger partial charge in [-0.1, -0.05) is 31.2 Å². The smallest absolute Gasteiger partial charge is 0.239 e. The van der Waals surface area contributed by atoms with Crippen molar-refractivity contribution in [1.29, 1.82) is 0 Å². The van der Waals surface area contributed by atoms with Crippen LogP contribution in [-0.4, -0.2) is 60.7 Å². The number of nitrogens with zero attached hydrogens (tertiary/aromatic N) is 1. The van der Waals surface area contributed by atoms with E-state index >= 15 is 0 Å². The maximum absolute atomic E-state index is 14.4. The molecule has 38 heavy (non-hydrogen) atoms. The lowest BCUT2D eigenvalue weighted by Crippen LogP contribution is -2.52. The van der Waals surface area contributed by atoms with Crippen molar-refractivity contribution in [2.24, 2.45) is 0 Å². The first-order chi connectivity index (χ1) is 18.3. The van der Waals surface area contributed by atoms with E-state index in [0.29, 0.717) is 30.8 Å². The van der Waals surface area contributed by atoms with E-state index in [1.165, 1.54) is 28.2 Å². The number of likely N-dealkylation sites (N-methyl/N-ethyl adjacent to an activating group) is 1. The third-order valence-electron chi connectivity index (χ3n) is 7.60. The molecule has 2 aromatic rings. The van der Waals surface area contributed by atoms with E-state index in [1.807, 2.05) is 0 Å². The predicted octanol–water partition coefficient (Wildman–Crippen LogP) is 3.47. The first kappa shape index (κ1) is 28.0. The molecule has 2 aromatic carbocycles. The third kappa shape index (κ3) is 7.54. The van der Waals surface area contributed by atoms with Crippen molar-refractivity contribution in [3.8, 4) is 5.75 Å². The summed E-state index contributed by atoms with van der Waals surface area (Å²) in [7, 11) is 1.61. The van der Waals surface area contributed by atoms with Crippen molar-refractivity contribution in [3.05, 3.63) is 65.0 Å². The molecule has 2 atom stereocenters. The van der Waals surface area contributed by atoms with Crippen LogP contribution < -0.4 is 15.4 Å². The van der Waals surface area contributed by atoms with Gasteiger partial charge < -0.3 is 25.4 Å². The molecule has 0 radical (unpaired) electrons. The fourth-order valence-corrected chi connectivity index (χ4v) is 5.07. The Bertz CT molecular complexity index is 1120. The summed E-state index contributed by atoms with van der Waals surface area (Å²) in [5.41, 5.74) is 2.92. The molecule has 7 nitrogen and oxygen atoms in total. The molecule has 0 spiro atoms. The molecule has 1 aliphatic heterocycles. The van der Waals surface area contributed by atoms with Crippen LogP contribution in [0.3, 0.4) is 0 Å². The maximum Gasteiger partial charge on any atom is 0.239 e. The summed E-state index contributed by atoms with van der Waals surface area (Å²) < 4.78 is 20.2. The monoisotopic (exact) mass is 525 g/mol. The van der Waals surface area contributed by atoms with Crippen LogP contribution in [-0.2, 0) is 28.0 Å². The summed E-state index contributed by atoms with van der Waals surface area (Å²) >= 11 is 0. The van der Waals surface area contributed by atoms with Crippen molar-refractivity contribution in [2.45, 2.75) is 76.0 Å². The minimum atomic E-state index is -0.932. The minimum absolute atomic E-state index is 0.0933. The largest absolute Gasteiger partial charge is 0.493 e. The number of rotatable bonds is 6. The number of aliphatic hydroxyl groups excluding tert-OH is 1. The number of aryl methyl sites for hydroxylation is 1. The van der Waals surface area contributed by atoms with E-state index in [4.69, 9.17) is 4.74 Å². The molecule has 4 rings (SSSR count). The molecule has 2 aliphatic rings. The molecule has 0 saturated heterocycles. The molecular formula is C30H40FN3O4. The number of halogens is 1. The van der Waals surface area contributed by atoms with Gasteiger partial charge in [-0.2, -0.15) is 0 Å². The average Bonchev–Trinajstić information content (AvgIpc) is 3.69. The van der Waals surface area contributed by atoms with Gasteiger partial charge in [-0.15, -0.1) is 0 Å². The minimum Gasteiger partial charge on any atom is -0.493 e. The number of nitrogens with one attached hydrogen (secondary N) is 2. The number of carbonyl (C=O) groups excluding carboxylic acids is 2. The lowest BCUT2D eigenvalue weighted by atomic mass is 9.98. The van der Waals surface area contributed by atoms with Crippen molar-refractivity contribution in [1.82, 2.24) is 15.5 Å². The molecule has 1 heterocycles. The molecule has 1 saturated carbocycles. The number of carbonyl (C=O) groups is 2. The van der Waals surface area contributed by atoms with E-state index in [9.17, 15) is 19.1 Å². The second kappa shape index (κ2) is 12.7. The molecule has 2 bridgehead atoms. The molecule has 1 aliphatic carbocycles. The number of ether oxygens (including phenoxy) is 1. The summed E-state index contributed by atoms with van der Waals surface area (Å²) in [6.07, 6.45) is 4.79. The lowest BCUT2D eigenvalue weighted by Gasteiger charge is -2.28. The summed E-state index contributed by atoms with van der Waals surface area (Å²) in [5, 5.41) is 17.7. The Morgan fingerprint density at radius 3 is 2.76 bits per heavy atom. The number of amides is 2. The number of aliphatic hydroxyl groups is 1. The molecule has 0 aromatic heterocycles. The van der Waals surface area contributed by atoms with Crippen LogP contribution >= 0.6 is 0 Å². The zero-order chi connectivity index (χ0) is 27.1. The highest BCUT2D eigenvalue weighted by Crippen LogP contribution is 2.45. The highest BCUT2D eigenvalue weighted by molar-refractivity contribution is 5.84. The Morgan fingerprint density at radius 1 is 1.18 bits per heavy atom. The summed E-state index contributed by atoms with van der Waals surface area (Å²) in [4.78, 5) is 26.8. The van der Waals surface area contributed by atoms with Crippen molar-refractivity contribution >= 4 is 11.8 Å². The number of benzene rings is 2. The van der Waals surface area contributed by atoms with Gasteiger partial charge in [0.05, 0.1) is 25.3 Å². The predicted molar refractivity (Wildman–Crippen MR) is 144 cm³/mol. The summed E-state index contributed by atoms with van der Waals surface area (Å²) in [6.45, 7) is 2.72. The molecule has 8 heteroatoms.